The van der Waals surface area contributed by atoms with Gasteiger partial charge in [-0.25, -0.2) is 0 Å². The molecule has 1 unspecified atom stereocenters. The summed E-state index contributed by atoms with van der Waals surface area (Å²) >= 11 is 0. The first-order chi connectivity index (χ1) is 9.45. The van der Waals surface area contributed by atoms with Gasteiger partial charge in [-0.05, 0) is 38.0 Å². The number of carbonyl (C=O) groups is 1. The first-order valence-corrected chi connectivity index (χ1v) is 7.76. The van der Waals surface area contributed by atoms with Gasteiger partial charge in [0.2, 0.25) is 0 Å². The topological polar surface area (TPSA) is 77.8 Å². The van der Waals surface area contributed by atoms with Crippen LogP contribution in [0.15, 0.2) is 12.2 Å². The van der Waals surface area contributed by atoms with E-state index in [-0.39, 0.29) is 12.3 Å². The van der Waals surface area contributed by atoms with Crippen molar-refractivity contribution in [1.29, 1.82) is 0 Å². The molecule has 0 aromatic carbocycles. The van der Waals surface area contributed by atoms with Gasteiger partial charge in [0.25, 0.3) is 0 Å². The number of aliphatic hydroxyl groups excluding tert-OH is 1. The SMILES string of the molecule is CCCCCC(O)/C=C/[C@@H]1CCC[C@@](O)(CC(=O)O)C1. The van der Waals surface area contributed by atoms with Crippen LogP contribution in [0.3, 0.4) is 0 Å². The van der Waals surface area contributed by atoms with E-state index < -0.39 is 17.7 Å². The van der Waals surface area contributed by atoms with Crippen molar-refractivity contribution in [2.75, 3.05) is 0 Å². The molecule has 1 saturated carbocycles. The molecular weight excluding hydrogens is 256 g/mol. The van der Waals surface area contributed by atoms with Crippen LogP contribution in [-0.2, 0) is 4.79 Å². The van der Waals surface area contributed by atoms with Crippen molar-refractivity contribution in [3.8, 4) is 0 Å². The normalized spacial score (nSPS) is 28.6. The van der Waals surface area contributed by atoms with Gasteiger partial charge in [0.15, 0.2) is 0 Å². The number of unbranched alkanes of at least 4 members (excludes halogenated alkanes) is 2. The first kappa shape index (κ1) is 17.2. The average molecular weight is 284 g/mol. The second kappa shape index (κ2) is 8.42. The van der Waals surface area contributed by atoms with E-state index in [1.165, 1.54) is 0 Å². The maximum Gasteiger partial charge on any atom is 0.306 e. The number of aliphatic hydroxyl groups is 2. The van der Waals surface area contributed by atoms with Gasteiger partial charge in [0.1, 0.15) is 0 Å². The molecular formula is C16H28O4. The Morgan fingerprint density at radius 1 is 1.45 bits per heavy atom. The van der Waals surface area contributed by atoms with Crippen molar-refractivity contribution in [2.24, 2.45) is 5.92 Å². The minimum atomic E-state index is -1.08. The fourth-order valence-corrected chi connectivity index (χ4v) is 2.98. The standard InChI is InChI=1S/C16H28O4/c1-2-3-4-7-14(17)9-8-13-6-5-10-16(20,11-13)12-15(18)19/h8-9,13-14,17,20H,2-7,10-12H2,1H3,(H,18,19)/b9-8+/t13-,14?,16-/m0/s1. The van der Waals surface area contributed by atoms with Crippen LogP contribution in [0.25, 0.3) is 0 Å². The highest BCUT2D eigenvalue weighted by molar-refractivity contribution is 5.68. The molecule has 1 aliphatic carbocycles. The van der Waals surface area contributed by atoms with Crippen LogP contribution in [0.5, 0.6) is 0 Å². The van der Waals surface area contributed by atoms with E-state index >= 15 is 0 Å². The van der Waals surface area contributed by atoms with Gasteiger partial charge < -0.3 is 15.3 Å². The molecule has 0 aromatic rings. The van der Waals surface area contributed by atoms with Gasteiger partial charge in [0.05, 0.1) is 18.1 Å². The number of hydrogen-bond acceptors (Lipinski definition) is 3. The maximum atomic E-state index is 10.8. The molecule has 3 N–H and O–H groups in total. The lowest BCUT2D eigenvalue weighted by atomic mass is 9.76. The first-order valence-electron chi connectivity index (χ1n) is 7.76. The van der Waals surface area contributed by atoms with Crippen molar-refractivity contribution in [3.63, 3.8) is 0 Å². The molecule has 1 aliphatic rings. The van der Waals surface area contributed by atoms with E-state index in [0.29, 0.717) is 12.8 Å². The van der Waals surface area contributed by atoms with Crippen LogP contribution < -0.4 is 0 Å². The second-order valence-corrected chi connectivity index (χ2v) is 6.10. The van der Waals surface area contributed by atoms with Crippen molar-refractivity contribution >= 4 is 5.97 Å². The average Bonchev–Trinajstić information content (AvgIpc) is 2.35. The van der Waals surface area contributed by atoms with Gasteiger partial charge in [-0.3, -0.25) is 4.79 Å². The summed E-state index contributed by atoms with van der Waals surface area (Å²) < 4.78 is 0. The third-order valence-corrected chi connectivity index (χ3v) is 4.05. The maximum absolute atomic E-state index is 10.8. The van der Waals surface area contributed by atoms with E-state index in [4.69, 9.17) is 5.11 Å². The van der Waals surface area contributed by atoms with Gasteiger partial charge in [-0.2, -0.15) is 0 Å². The molecule has 0 radical (unpaired) electrons. The summed E-state index contributed by atoms with van der Waals surface area (Å²) in [7, 11) is 0. The quantitative estimate of drug-likeness (QED) is 0.473. The molecule has 1 rings (SSSR count). The molecule has 0 aliphatic heterocycles. The van der Waals surface area contributed by atoms with E-state index in [0.717, 1.165) is 38.5 Å². The lowest BCUT2D eigenvalue weighted by molar-refractivity contribution is -0.144. The predicted molar refractivity (Wildman–Crippen MR) is 78.4 cm³/mol. The summed E-state index contributed by atoms with van der Waals surface area (Å²) in [4.78, 5) is 10.8. The Kier molecular flexibility index (Phi) is 7.24. The highest BCUT2D eigenvalue weighted by Gasteiger charge is 2.35. The lowest BCUT2D eigenvalue weighted by Crippen LogP contribution is -2.37. The number of carboxylic acid groups (broad SMARTS) is 1. The fraction of sp³-hybridized carbons (Fsp3) is 0.812. The summed E-state index contributed by atoms with van der Waals surface area (Å²) in [6.45, 7) is 2.13. The summed E-state index contributed by atoms with van der Waals surface area (Å²) in [6.07, 6.45) is 10.1. The van der Waals surface area contributed by atoms with Crippen LogP contribution in [0.4, 0.5) is 0 Å². The zero-order valence-corrected chi connectivity index (χ0v) is 12.4. The van der Waals surface area contributed by atoms with Crippen LogP contribution in [0.2, 0.25) is 0 Å². The van der Waals surface area contributed by atoms with Crippen molar-refractivity contribution < 1.29 is 20.1 Å². The smallest absolute Gasteiger partial charge is 0.306 e. The number of carboxylic acids is 1. The molecule has 0 bridgehead atoms. The monoisotopic (exact) mass is 284 g/mol. The Morgan fingerprint density at radius 2 is 2.20 bits per heavy atom. The highest BCUT2D eigenvalue weighted by atomic mass is 16.4. The number of allylic oxidation sites excluding steroid dienone is 1. The van der Waals surface area contributed by atoms with Gasteiger partial charge >= 0.3 is 5.97 Å². The molecule has 4 nitrogen and oxygen atoms in total. The Balaban J connectivity index is 2.41. The summed E-state index contributed by atoms with van der Waals surface area (Å²) in [5.74, 6) is -0.773. The minimum absolute atomic E-state index is 0.175. The predicted octanol–water partition coefficient (Wildman–Crippen LogP) is 2.88. The Labute approximate surface area is 121 Å². The van der Waals surface area contributed by atoms with E-state index in [1.54, 1.807) is 0 Å². The molecule has 1 fully saturated rings. The molecule has 0 aromatic heterocycles. The number of aliphatic carboxylic acids is 1. The molecule has 0 saturated heterocycles. The number of hydrogen-bond donors (Lipinski definition) is 3. The third-order valence-electron chi connectivity index (χ3n) is 4.05. The molecule has 116 valence electrons. The summed E-state index contributed by atoms with van der Waals surface area (Å²) in [5.41, 5.74) is -1.08. The Bertz CT molecular complexity index is 326. The van der Waals surface area contributed by atoms with Crippen LogP contribution in [0.1, 0.15) is 64.7 Å². The third kappa shape index (κ3) is 6.53. The molecule has 0 amide bonds. The second-order valence-electron chi connectivity index (χ2n) is 6.10. The van der Waals surface area contributed by atoms with Crippen LogP contribution in [0, 0.1) is 5.92 Å². The lowest BCUT2D eigenvalue weighted by Gasteiger charge is -2.34. The zero-order valence-electron chi connectivity index (χ0n) is 12.4. The highest BCUT2D eigenvalue weighted by Crippen LogP contribution is 2.35. The van der Waals surface area contributed by atoms with Gasteiger partial charge in [-0.1, -0.05) is 38.3 Å². The molecule has 0 spiro atoms. The Morgan fingerprint density at radius 3 is 2.85 bits per heavy atom. The van der Waals surface area contributed by atoms with Crippen LogP contribution >= 0.6 is 0 Å². The van der Waals surface area contributed by atoms with Gasteiger partial charge in [-0.15, -0.1) is 0 Å². The Hall–Kier alpha value is -0.870. The van der Waals surface area contributed by atoms with E-state index in [9.17, 15) is 15.0 Å². The summed E-state index contributed by atoms with van der Waals surface area (Å²) in [5, 5.41) is 28.9. The van der Waals surface area contributed by atoms with E-state index in [2.05, 4.69) is 6.92 Å². The van der Waals surface area contributed by atoms with Crippen LogP contribution in [-0.4, -0.2) is 33.0 Å². The molecule has 3 atom stereocenters. The minimum Gasteiger partial charge on any atom is -0.481 e. The fourth-order valence-electron chi connectivity index (χ4n) is 2.98. The van der Waals surface area contributed by atoms with Crippen molar-refractivity contribution in [1.82, 2.24) is 0 Å². The number of rotatable bonds is 8. The summed E-state index contributed by atoms with van der Waals surface area (Å²) in [6, 6.07) is 0. The zero-order chi connectivity index (χ0) is 15.0. The van der Waals surface area contributed by atoms with Gasteiger partial charge in [0, 0.05) is 0 Å². The van der Waals surface area contributed by atoms with Crippen molar-refractivity contribution in [3.05, 3.63) is 12.2 Å². The van der Waals surface area contributed by atoms with E-state index in [1.807, 2.05) is 12.2 Å². The molecule has 4 heteroatoms. The van der Waals surface area contributed by atoms with Crippen molar-refractivity contribution in [2.45, 2.75) is 76.4 Å². The largest absolute Gasteiger partial charge is 0.481 e. The molecule has 0 heterocycles. The molecule has 20 heavy (non-hydrogen) atoms.